The summed E-state index contributed by atoms with van der Waals surface area (Å²) in [5.41, 5.74) is 10.9. The zero-order valence-electron chi connectivity index (χ0n) is 12.3. The molecule has 2 aromatic rings. The van der Waals surface area contributed by atoms with E-state index < -0.39 is 0 Å². The second-order valence-electron chi connectivity index (χ2n) is 5.15. The largest absolute Gasteiger partial charge is 0.383 e. The van der Waals surface area contributed by atoms with Crippen molar-refractivity contribution in [3.63, 3.8) is 0 Å². The van der Waals surface area contributed by atoms with Crippen molar-refractivity contribution in [2.24, 2.45) is 7.05 Å². The standard InChI is InChI=1S/C16H23N3/c1-5-12(6-2)15-14(16(17)19(4)18-15)13-9-7-8-11(3)10-13/h7-10,12H,5-6,17H2,1-4H3. The Bertz CT molecular complexity index is 565. The van der Waals surface area contributed by atoms with Crippen LogP contribution in [0.1, 0.15) is 43.9 Å². The van der Waals surface area contributed by atoms with Crippen LogP contribution in [0.3, 0.4) is 0 Å². The summed E-state index contributed by atoms with van der Waals surface area (Å²) in [5, 5.41) is 4.65. The van der Waals surface area contributed by atoms with Crippen molar-refractivity contribution in [2.75, 3.05) is 5.73 Å². The second kappa shape index (κ2) is 5.47. The summed E-state index contributed by atoms with van der Waals surface area (Å²) in [4.78, 5) is 0. The molecule has 3 heteroatoms. The quantitative estimate of drug-likeness (QED) is 0.903. The number of anilines is 1. The Kier molecular flexibility index (Phi) is 3.93. The van der Waals surface area contributed by atoms with E-state index in [2.05, 4.69) is 50.1 Å². The topological polar surface area (TPSA) is 43.8 Å². The molecule has 1 aromatic carbocycles. The number of aromatic nitrogens is 2. The Morgan fingerprint density at radius 1 is 1.26 bits per heavy atom. The van der Waals surface area contributed by atoms with Crippen LogP contribution in [-0.4, -0.2) is 9.78 Å². The van der Waals surface area contributed by atoms with Crippen LogP contribution in [0.25, 0.3) is 11.1 Å². The maximum Gasteiger partial charge on any atom is 0.129 e. The highest BCUT2D eigenvalue weighted by Crippen LogP contribution is 2.36. The van der Waals surface area contributed by atoms with E-state index in [1.165, 1.54) is 11.1 Å². The zero-order valence-corrected chi connectivity index (χ0v) is 12.3. The summed E-state index contributed by atoms with van der Waals surface area (Å²) < 4.78 is 1.80. The lowest BCUT2D eigenvalue weighted by Gasteiger charge is -2.12. The minimum Gasteiger partial charge on any atom is -0.383 e. The van der Waals surface area contributed by atoms with Crippen molar-refractivity contribution in [1.29, 1.82) is 0 Å². The van der Waals surface area contributed by atoms with E-state index in [1.807, 2.05) is 7.05 Å². The molecule has 102 valence electrons. The smallest absolute Gasteiger partial charge is 0.129 e. The van der Waals surface area contributed by atoms with Crippen molar-refractivity contribution >= 4 is 5.82 Å². The van der Waals surface area contributed by atoms with Gasteiger partial charge in [0.05, 0.1) is 5.69 Å². The third kappa shape index (κ3) is 2.50. The molecule has 0 saturated carbocycles. The summed E-state index contributed by atoms with van der Waals surface area (Å²) >= 11 is 0. The van der Waals surface area contributed by atoms with Gasteiger partial charge in [0.25, 0.3) is 0 Å². The normalized spacial score (nSPS) is 11.2. The Balaban J connectivity index is 2.61. The summed E-state index contributed by atoms with van der Waals surface area (Å²) in [6.45, 7) is 6.52. The first-order chi connectivity index (χ1) is 9.08. The van der Waals surface area contributed by atoms with Gasteiger partial charge in [0.2, 0.25) is 0 Å². The number of hydrogen-bond donors (Lipinski definition) is 1. The molecular weight excluding hydrogens is 234 g/mol. The first kappa shape index (κ1) is 13.7. The highest BCUT2D eigenvalue weighted by atomic mass is 15.3. The van der Waals surface area contributed by atoms with Gasteiger partial charge in [0.1, 0.15) is 5.82 Å². The van der Waals surface area contributed by atoms with Crippen LogP contribution < -0.4 is 5.73 Å². The highest BCUT2D eigenvalue weighted by molar-refractivity contribution is 5.77. The van der Waals surface area contributed by atoms with Crippen molar-refractivity contribution < 1.29 is 0 Å². The molecule has 0 amide bonds. The summed E-state index contributed by atoms with van der Waals surface area (Å²) in [6, 6.07) is 8.48. The zero-order chi connectivity index (χ0) is 14.0. The van der Waals surface area contributed by atoms with E-state index in [9.17, 15) is 0 Å². The van der Waals surface area contributed by atoms with Crippen LogP contribution in [0.5, 0.6) is 0 Å². The number of rotatable bonds is 4. The third-order valence-corrected chi connectivity index (χ3v) is 3.80. The summed E-state index contributed by atoms with van der Waals surface area (Å²) in [7, 11) is 1.92. The molecule has 2 N–H and O–H groups in total. The molecule has 3 nitrogen and oxygen atoms in total. The van der Waals surface area contributed by atoms with Crippen LogP contribution >= 0.6 is 0 Å². The predicted octanol–water partition coefficient (Wildman–Crippen LogP) is 3.88. The number of nitrogens with two attached hydrogens (primary N) is 1. The Morgan fingerprint density at radius 3 is 2.53 bits per heavy atom. The Hall–Kier alpha value is -1.77. The molecule has 0 spiro atoms. The van der Waals surface area contributed by atoms with Crippen LogP contribution in [0, 0.1) is 6.92 Å². The van der Waals surface area contributed by atoms with Gasteiger partial charge in [0, 0.05) is 18.5 Å². The van der Waals surface area contributed by atoms with Gasteiger partial charge in [-0.05, 0) is 25.3 Å². The van der Waals surface area contributed by atoms with Gasteiger partial charge in [-0.25, -0.2) is 0 Å². The molecule has 0 saturated heterocycles. The van der Waals surface area contributed by atoms with Crippen molar-refractivity contribution in [3.8, 4) is 11.1 Å². The van der Waals surface area contributed by atoms with Crippen molar-refractivity contribution in [3.05, 3.63) is 35.5 Å². The van der Waals surface area contributed by atoms with Crippen LogP contribution in [0.4, 0.5) is 5.82 Å². The molecular formula is C16H23N3. The molecule has 0 atom stereocenters. The number of nitrogens with zero attached hydrogens (tertiary/aromatic N) is 2. The maximum absolute atomic E-state index is 6.23. The first-order valence-electron chi connectivity index (χ1n) is 6.97. The maximum atomic E-state index is 6.23. The number of aryl methyl sites for hydroxylation is 2. The molecule has 0 unspecified atom stereocenters. The fraction of sp³-hybridized carbons (Fsp3) is 0.438. The third-order valence-electron chi connectivity index (χ3n) is 3.80. The molecule has 0 aliphatic rings. The molecule has 0 radical (unpaired) electrons. The Labute approximate surface area is 115 Å². The minimum atomic E-state index is 0.471. The van der Waals surface area contributed by atoms with E-state index in [-0.39, 0.29) is 0 Å². The molecule has 0 bridgehead atoms. The van der Waals surface area contributed by atoms with E-state index in [1.54, 1.807) is 4.68 Å². The lowest BCUT2D eigenvalue weighted by Crippen LogP contribution is -1.99. The molecule has 1 aromatic heterocycles. The van der Waals surface area contributed by atoms with E-state index in [0.717, 1.165) is 29.9 Å². The van der Waals surface area contributed by atoms with Crippen LogP contribution in [0.15, 0.2) is 24.3 Å². The molecule has 0 fully saturated rings. The van der Waals surface area contributed by atoms with E-state index in [0.29, 0.717) is 5.92 Å². The van der Waals surface area contributed by atoms with Gasteiger partial charge < -0.3 is 5.73 Å². The van der Waals surface area contributed by atoms with Gasteiger partial charge in [-0.1, -0.05) is 43.7 Å². The average molecular weight is 257 g/mol. The fourth-order valence-corrected chi connectivity index (χ4v) is 2.62. The summed E-state index contributed by atoms with van der Waals surface area (Å²) in [6.07, 6.45) is 2.18. The van der Waals surface area contributed by atoms with E-state index in [4.69, 9.17) is 5.73 Å². The first-order valence-corrected chi connectivity index (χ1v) is 6.97. The van der Waals surface area contributed by atoms with Crippen LogP contribution in [-0.2, 0) is 7.05 Å². The van der Waals surface area contributed by atoms with Crippen LogP contribution in [0.2, 0.25) is 0 Å². The monoisotopic (exact) mass is 257 g/mol. The predicted molar refractivity (Wildman–Crippen MR) is 81.1 cm³/mol. The van der Waals surface area contributed by atoms with Crippen molar-refractivity contribution in [1.82, 2.24) is 9.78 Å². The number of nitrogen functional groups attached to an aromatic ring is 1. The minimum absolute atomic E-state index is 0.471. The SMILES string of the molecule is CCC(CC)c1nn(C)c(N)c1-c1cccc(C)c1. The molecule has 2 rings (SSSR count). The lowest BCUT2D eigenvalue weighted by molar-refractivity contribution is 0.606. The molecule has 1 heterocycles. The molecule has 0 aliphatic heterocycles. The number of hydrogen-bond acceptors (Lipinski definition) is 2. The van der Waals surface area contributed by atoms with Gasteiger partial charge in [-0.2, -0.15) is 5.10 Å². The summed E-state index contributed by atoms with van der Waals surface area (Å²) in [5.74, 6) is 1.23. The van der Waals surface area contributed by atoms with Gasteiger partial charge in [-0.15, -0.1) is 0 Å². The molecule has 19 heavy (non-hydrogen) atoms. The average Bonchev–Trinajstić information content (AvgIpc) is 2.67. The van der Waals surface area contributed by atoms with Gasteiger partial charge in [-0.3, -0.25) is 4.68 Å². The second-order valence-corrected chi connectivity index (χ2v) is 5.15. The van der Waals surface area contributed by atoms with Gasteiger partial charge in [0.15, 0.2) is 0 Å². The number of benzene rings is 1. The fourth-order valence-electron chi connectivity index (χ4n) is 2.62. The van der Waals surface area contributed by atoms with Gasteiger partial charge >= 0.3 is 0 Å². The highest BCUT2D eigenvalue weighted by Gasteiger charge is 2.21. The lowest BCUT2D eigenvalue weighted by atomic mass is 9.92. The van der Waals surface area contributed by atoms with E-state index >= 15 is 0 Å². The van der Waals surface area contributed by atoms with Crippen molar-refractivity contribution in [2.45, 2.75) is 39.5 Å². The Morgan fingerprint density at radius 2 is 1.95 bits per heavy atom. The molecule has 0 aliphatic carbocycles.